The summed E-state index contributed by atoms with van der Waals surface area (Å²) in [5, 5.41) is 5.91. The molecule has 1 heterocycles. The first-order chi connectivity index (χ1) is 22.8. The Morgan fingerprint density at radius 3 is 1.15 bits per heavy atom. The average molecular weight is 859 g/mol. The number of aliphatic carboxylic acids is 1. The lowest BCUT2D eigenvalue weighted by Gasteiger charge is -2.42. The molecule has 2 unspecified atom stereocenters. The minimum absolute atomic E-state index is 0.921. The van der Waals surface area contributed by atoms with Crippen LogP contribution in [-0.4, -0.2) is 98.4 Å². The van der Waals surface area contributed by atoms with E-state index >= 15 is 0 Å². The molecule has 53 heavy (non-hydrogen) atoms. The summed E-state index contributed by atoms with van der Waals surface area (Å²) in [6.07, 6.45) is -41.3. The highest BCUT2D eigenvalue weighted by atomic mass is 19.4. The van der Waals surface area contributed by atoms with Crippen molar-refractivity contribution in [3.8, 4) is 0 Å². The monoisotopic (exact) mass is 859 g/mol. The second-order valence-corrected chi connectivity index (χ2v) is 8.51. The van der Waals surface area contributed by atoms with E-state index < -0.39 is 107 Å². The number of aromatic nitrogens is 2. The van der Waals surface area contributed by atoms with E-state index in [1.165, 1.54) is 4.74 Å². The number of ether oxygens (including phenoxy) is 2. The zero-order valence-electron chi connectivity index (χ0n) is 22.5. The van der Waals surface area contributed by atoms with E-state index in [0.29, 0.717) is 0 Å². The summed E-state index contributed by atoms with van der Waals surface area (Å²) < 4.78 is 359. The Labute approximate surface area is 265 Å². The number of carbonyl (C=O) groups is 2. The van der Waals surface area contributed by atoms with Gasteiger partial charge in [0.1, 0.15) is 0 Å². The molecule has 1 N–H and O–H groups in total. The van der Waals surface area contributed by atoms with Crippen molar-refractivity contribution in [2.45, 2.75) is 66.1 Å². The van der Waals surface area contributed by atoms with Crippen molar-refractivity contribution in [3.05, 3.63) is 23.5 Å². The molecule has 0 aliphatic heterocycles. The van der Waals surface area contributed by atoms with E-state index in [1.54, 1.807) is 0 Å². The highest BCUT2D eigenvalue weighted by Crippen LogP contribution is 2.62. The first-order valence-corrected chi connectivity index (χ1v) is 10.8. The number of hydrogen-bond donors (Lipinski definition) is 1. The fourth-order valence-electron chi connectivity index (χ4n) is 2.31. The Bertz CT molecular complexity index is 1480. The number of amides is 1. The predicted molar refractivity (Wildman–Crippen MR) is 95.6 cm³/mol. The standard InChI is InChI=1S/C12HF23O4.C5F5N3O/c13-2(1(36)37,8(23,24)25)38-12(34,35)7(22,10(29,30)31)39-11(32,33)6(20,21)4(16,17)3(14,15)5(18,19)9(26,27)28;6-1-2(7)11-4(12-3(1)8)5(14)13(9)10/h(H,36,37);. The van der Waals surface area contributed by atoms with Gasteiger partial charge in [-0.1, -0.05) is 8.96 Å². The van der Waals surface area contributed by atoms with E-state index in [9.17, 15) is 133 Å². The quantitative estimate of drug-likeness (QED) is 0.137. The van der Waals surface area contributed by atoms with Crippen LogP contribution in [0.1, 0.15) is 10.6 Å². The van der Waals surface area contributed by atoms with Gasteiger partial charge in [0, 0.05) is 5.34 Å². The second-order valence-electron chi connectivity index (χ2n) is 8.51. The highest BCUT2D eigenvalue weighted by Gasteiger charge is 2.93. The van der Waals surface area contributed by atoms with Crippen molar-refractivity contribution in [3.63, 3.8) is 0 Å². The summed E-state index contributed by atoms with van der Waals surface area (Å²) in [4.78, 5) is 25.3. The molecule has 0 aliphatic carbocycles. The van der Waals surface area contributed by atoms with Crippen molar-refractivity contribution in [1.82, 2.24) is 15.3 Å². The summed E-state index contributed by atoms with van der Waals surface area (Å²) >= 11 is 0. The van der Waals surface area contributed by atoms with Crippen LogP contribution in [-0.2, 0) is 14.3 Å². The SMILES string of the molecule is O=C(O)C(F)(OC(F)(F)C(F)(OC(F)(F)C(F)(F)C(F)(F)C(F)(F)C(F)(F)C(F)(F)F)C(F)(F)F)C(F)(F)F.O=C(c1nc(F)c(F)c(F)n1)N(F)F. The Kier molecular flexibility index (Phi) is 12.9. The number of rotatable bonds is 11. The van der Waals surface area contributed by atoms with Gasteiger partial charge in [-0.2, -0.15) is 124 Å². The van der Waals surface area contributed by atoms with Gasteiger partial charge in [-0.3, -0.25) is 14.3 Å². The molecular formula is C17HF28N3O5. The van der Waals surface area contributed by atoms with E-state index in [-0.39, 0.29) is 0 Å². The Hall–Kier alpha value is -4.02. The van der Waals surface area contributed by atoms with Crippen LogP contribution in [0.3, 0.4) is 0 Å². The third-order valence-corrected chi connectivity index (χ3v) is 4.94. The van der Waals surface area contributed by atoms with Crippen molar-refractivity contribution in [2.75, 3.05) is 0 Å². The number of carbonyl (C=O) groups excluding carboxylic acids is 1. The smallest absolute Gasteiger partial charge is 0.460 e. The molecule has 0 bridgehead atoms. The number of carboxylic acid groups (broad SMARTS) is 1. The van der Waals surface area contributed by atoms with Gasteiger partial charge in [0.2, 0.25) is 11.6 Å². The number of alkyl halides is 23. The number of nitrogens with zero attached hydrogens (tertiary/aromatic N) is 3. The largest absolute Gasteiger partial charge is 0.477 e. The summed E-state index contributed by atoms with van der Waals surface area (Å²) in [6, 6.07) is 0. The molecular weight excluding hydrogens is 858 g/mol. The molecule has 0 spiro atoms. The van der Waals surface area contributed by atoms with Crippen LogP contribution in [0, 0.1) is 17.7 Å². The molecule has 310 valence electrons. The Morgan fingerprint density at radius 2 is 0.868 bits per heavy atom. The van der Waals surface area contributed by atoms with Crippen LogP contribution in [0.25, 0.3) is 0 Å². The van der Waals surface area contributed by atoms with Gasteiger partial charge in [-0.05, 0) is 0 Å². The summed E-state index contributed by atoms with van der Waals surface area (Å²) in [5.74, 6) is -65.7. The van der Waals surface area contributed by atoms with Gasteiger partial charge in [0.25, 0.3) is 11.9 Å². The summed E-state index contributed by atoms with van der Waals surface area (Å²) in [6.45, 7) is 0. The molecule has 0 saturated carbocycles. The first-order valence-electron chi connectivity index (χ1n) is 10.8. The van der Waals surface area contributed by atoms with Crippen molar-refractivity contribution < 1.29 is 147 Å². The number of hydrogen-bond acceptors (Lipinski definition) is 6. The zero-order valence-corrected chi connectivity index (χ0v) is 22.5. The number of halogens is 28. The minimum atomic E-state index is -9.08. The maximum atomic E-state index is 13.9. The van der Waals surface area contributed by atoms with Gasteiger partial charge in [0.05, 0.1) is 0 Å². The lowest BCUT2D eigenvalue weighted by molar-refractivity contribution is -0.551. The third-order valence-electron chi connectivity index (χ3n) is 4.94. The molecule has 0 radical (unpaired) electrons. The molecule has 1 aromatic rings. The van der Waals surface area contributed by atoms with Gasteiger partial charge in [0.15, 0.2) is 0 Å². The normalized spacial score (nSPS) is 16.6. The maximum Gasteiger partial charge on any atom is 0.460 e. The van der Waals surface area contributed by atoms with E-state index in [1.807, 2.05) is 0 Å². The summed E-state index contributed by atoms with van der Waals surface area (Å²) in [5.41, 5.74) is 0. The Balaban J connectivity index is 0.00000160. The molecule has 0 saturated heterocycles. The van der Waals surface area contributed by atoms with Crippen LogP contribution in [0.15, 0.2) is 0 Å². The lowest BCUT2D eigenvalue weighted by atomic mass is 9.97. The minimum Gasteiger partial charge on any atom is -0.477 e. The van der Waals surface area contributed by atoms with Crippen molar-refractivity contribution in [2.24, 2.45) is 0 Å². The average Bonchev–Trinajstić information content (AvgIpc) is 2.92. The molecule has 1 amide bonds. The molecule has 8 nitrogen and oxygen atoms in total. The Morgan fingerprint density at radius 1 is 0.509 bits per heavy atom. The molecule has 0 fully saturated rings. The number of carboxylic acids is 1. The fraction of sp³-hybridized carbons (Fsp3) is 0.647. The van der Waals surface area contributed by atoms with E-state index in [0.717, 1.165) is 4.74 Å². The van der Waals surface area contributed by atoms with E-state index in [2.05, 4.69) is 9.97 Å². The fourth-order valence-corrected chi connectivity index (χ4v) is 2.31. The van der Waals surface area contributed by atoms with Crippen LogP contribution in [0.2, 0.25) is 0 Å². The molecule has 0 aliphatic rings. The van der Waals surface area contributed by atoms with Gasteiger partial charge in [-0.25, -0.2) is 4.79 Å². The van der Waals surface area contributed by atoms with Crippen LogP contribution in [0.5, 0.6) is 0 Å². The van der Waals surface area contributed by atoms with E-state index in [4.69, 9.17) is 5.11 Å². The molecule has 36 heteroatoms. The highest BCUT2D eigenvalue weighted by molar-refractivity contribution is 5.88. The molecule has 2 atom stereocenters. The van der Waals surface area contributed by atoms with Gasteiger partial charge >= 0.3 is 78.0 Å². The van der Waals surface area contributed by atoms with Crippen LogP contribution >= 0.6 is 0 Å². The maximum absolute atomic E-state index is 13.9. The summed E-state index contributed by atoms with van der Waals surface area (Å²) in [7, 11) is 0. The molecule has 0 aromatic carbocycles. The predicted octanol–water partition coefficient (Wildman–Crippen LogP) is 7.95. The third kappa shape index (κ3) is 8.39. The van der Waals surface area contributed by atoms with Crippen molar-refractivity contribution >= 4 is 11.9 Å². The molecule has 1 aromatic heterocycles. The first kappa shape index (κ1) is 49.0. The van der Waals surface area contributed by atoms with Gasteiger partial charge in [-0.15, -0.1) is 0 Å². The molecule has 1 rings (SSSR count). The topological polar surface area (TPSA) is 102 Å². The lowest BCUT2D eigenvalue weighted by Crippen LogP contribution is -2.73. The van der Waals surface area contributed by atoms with Crippen LogP contribution < -0.4 is 0 Å². The van der Waals surface area contributed by atoms with Crippen LogP contribution in [0.4, 0.5) is 123 Å². The van der Waals surface area contributed by atoms with Crippen molar-refractivity contribution in [1.29, 1.82) is 0 Å². The van der Waals surface area contributed by atoms with Gasteiger partial charge < -0.3 is 5.11 Å². The zero-order chi connectivity index (χ0) is 43.4. The second kappa shape index (κ2) is 14.0.